The molecule has 3 amide bonds. The molecule has 1 fully saturated rings. The molecule has 45 heavy (non-hydrogen) atoms. The first-order valence-electron chi connectivity index (χ1n) is 14.5. The summed E-state index contributed by atoms with van der Waals surface area (Å²) in [6.45, 7) is 11.6. The second kappa shape index (κ2) is 14.3. The number of hydrogen-bond donors (Lipinski definition) is 1. The second-order valence-corrected chi connectivity index (χ2v) is 14.5. The van der Waals surface area contributed by atoms with Gasteiger partial charge in [-0.05, 0) is 95.8 Å². The number of aromatic nitrogens is 1. The van der Waals surface area contributed by atoms with Crippen LogP contribution in [-0.2, 0) is 20.8 Å². The van der Waals surface area contributed by atoms with E-state index < -0.39 is 23.4 Å². The number of amides is 3. The first kappa shape index (κ1) is 34.3. The van der Waals surface area contributed by atoms with Gasteiger partial charge < -0.3 is 24.4 Å². The molecule has 0 saturated carbocycles. The van der Waals surface area contributed by atoms with Crippen LogP contribution in [0.4, 0.5) is 25.2 Å². The molecule has 4 rings (SSSR count). The van der Waals surface area contributed by atoms with Crippen molar-refractivity contribution in [2.24, 2.45) is 0 Å². The van der Waals surface area contributed by atoms with E-state index in [4.69, 9.17) is 37.4 Å². The minimum Gasteiger partial charge on any atom is -0.445 e. The molecule has 10 nitrogen and oxygen atoms in total. The number of benzene rings is 2. The van der Waals surface area contributed by atoms with E-state index >= 15 is 0 Å². The molecule has 3 aromatic rings. The monoisotopic (exact) mass is 676 g/mol. The van der Waals surface area contributed by atoms with E-state index in [0.29, 0.717) is 23.1 Å². The topological polar surface area (TPSA) is 110 Å². The van der Waals surface area contributed by atoms with Crippen molar-refractivity contribution in [2.75, 3.05) is 23.3 Å². The number of piperidine rings is 1. The zero-order valence-corrected chi connectivity index (χ0v) is 28.5. The van der Waals surface area contributed by atoms with Gasteiger partial charge >= 0.3 is 18.3 Å². The minimum absolute atomic E-state index is 0.102. The van der Waals surface area contributed by atoms with Crippen molar-refractivity contribution in [1.29, 1.82) is 0 Å². The molecule has 242 valence electrons. The molecule has 13 heteroatoms. The zero-order chi connectivity index (χ0) is 32.9. The fraction of sp³-hybridized carbons (Fsp3) is 0.438. The predicted octanol–water partition coefficient (Wildman–Crippen LogP) is 9.01. The summed E-state index contributed by atoms with van der Waals surface area (Å²) in [6.07, 6.45) is 1.06. The summed E-state index contributed by atoms with van der Waals surface area (Å²) in [4.78, 5) is 46.1. The quantitative estimate of drug-likeness (QED) is 0.258. The Hall–Kier alpha value is -3.54. The van der Waals surface area contributed by atoms with E-state index in [1.165, 1.54) is 11.3 Å². The maximum absolute atomic E-state index is 13.0. The Morgan fingerprint density at radius 2 is 1.49 bits per heavy atom. The van der Waals surface area contributed by atoms with Crippen molar-refractivity contribution >= 4 is 63.6 Å². The lowest BCUT2D eigenvalue weighted by molar-refractivity contribution is 0.0430. The van der Waals surface area contributed by atoms with Crippen LogP contribution in [-0.4, -0.2) is 58.5 Å². The molecule has 1 aromatic heterocycles. The van der Waals surface area contributed by atoms with Crippen molar-refractivity contribution < 1.29 is 28.6 Å². The van der Waals surface area contributed by atoms with E-state index in [1.807, 2.05) is 24.3 Å². The highest BCUT2D eigenvalue weighted by molar-refractivity contribution is 7.19. The summed E-state index contributed by atoms with van der Waals surface area (Å²) in [6, 6.07) is 13.1. The third kappa shape index (κ3) is 10.2. The Bertz CT molecular complexity index is 1460. The molecular weight excluding hydrogens is 639 g/mol. The third-order valence-electron chi connectivity index (χ3n) is 6.41. The average Bonchev–Trinajstić information content (AvgIpc) is 3.39. The molecule has 1 N–H and O–H groups in total. The van der Waals surface area contributed by atoms with E-state index in [1.54, 1.807) is 70.8 Å². The van der Waals surface area contributed by atoms with Gasteiger partial charge in [0, 0.05) is 41.1 Å². The summed E-state index contributed by atoms with van der Waals surface area (Å²) >= 11 is 13.2. The van der Waals surface area contributed by atoms with Crippen LogP contribution in [0.3, 0.4) is 0 Å². The largest absolute Gasteiger partial charge is 0.445 e. The Labute approximate surface area is 277 Å². The van der Waals surface area contributed by atoms with Crippen molar-refractivity contribution in [3.8, 4) is 10.4 Å². The summed E-state index contributed by atoms with van der Waals surface area (Å²) in [7, 11) is 0. The van der Waals surface area contributed by atoms with Gasteiger partial charge in [-0.2, -0.15) is 4.90 Å². The average molecular weight is 678 g/mol. The Kier molecular flexibility index (Phi) is 10.9. The van der Waals surface area contributed by atoms with Crippen molar-refractivity contribution in [3.05, 3.63) is 64.3 Å². The number of likely N-dealkylation sites (tertiary alicyclic amines) is 1. The maximum atomic E-state index is 13.0. The normalized spacial score (nSPS) is 14.1. The fourth-order valence-corrected chi connectivity index (χ4v) is 5.92. The van der Waals surface area contributed by atoms with Crippen LogP contribution in [0.25, 0.3) is 10.4 Å². The Morgan fingerprint density at radius 1 is 0.933 bits per heavy atom. The number of thiazole rings is 1. The van der Waals surface area contributed by atoms with Gasteiger partial charge in [0.25, 0.3) is 0 Å². The zero-order valence-electron chi connectivity index (χ0n) is 26.2. The maximum Gasteiger partial charge on any atom is 0.426 e. The molecule has 1 aliphatic rings. The Morgan fingerprint density at radius 3 is 2.02 bits per heavy atom. The predicted molar refractivity (Wildman–Crippen MR) is 177 cm³/mol. The number of carbonyl (C=O) groups is 3. The number of carbonyl (C=O) groups excluding carboxylic acids is 3. The molecule has 0 aliphatic carbocycles. The van der Waals surface area contributed by atoms with Gasteiger partial charge in [-0.3, -0.25) is 0 Å². The molecule has 0 spiro atoms. The first-order valence-corrected chi connectivity index (χ1v) is 16.1. The van der Waals surface area contributed by atoms with Gasteiger partial charge in [-0.15, -0.1) is 0 Å². The van der Waals surface area contributed by atoms with E-state index in [-0.39, 0.29) is 23.9 Å². The van der Waals surface area contributed by atoms with Crippen molar-refractivity contribution in [3.63, 3.8) is 0 Å². The molecular formula is C32H38Cl2N4O6S. The lowest BCUT2D eigenvalue weighted by Gasteiger charge is -2.32. The van der Waals surface area contributed by atoms with Crippen molar-refractivity contribution in [1.82, 2.24) is 9.88 Å². The van der Waals surface area contributed by atoms with Gasteiger partial charge in [0.2, 0.25) is 5.13 Å². The number of imide groups is 1. The Balaban J connectivity index is 1.33. The highest BCUT2D eigenvalue weighted by Gasteiger charge is 2.34. The molecule has 0 bridgehead atoms. The molecule has 2 heterocycles. The number of halogens is 2. The van der Waals surface area contributed by atoms with Crippen LogP contribution in [0.1, 0.15) is 59.9 Å². The molecule has 2 aromatic carbocycles. The van der Waals surface area contributed by atoms with E-state index in [9.17, 15) is 14.4 Å². The molecule has 0 unspecified atom stereocenters. The highest BCUT2D eigenvalue weighted by Crippen LogP contribution is 2.34. The van der Waals surface area contributed by atoms with Gasteiger partial charge in [0.15, 0.2) is 0 Å². The summed E-state index contributed by atoms with van der Waals surface area (Å²) in [5, 5.41) is 4.67. The summed E-state index contributed by atoms with van der Waals surface area (Å²) in [5.74, 6) is 0. The molecule has 1 aliphatic heterocycles. The number of hydrogen-bond acceptors (Lipinski definition) is 9. The lowest BCUT2D eigenvalue weighted by Crippen LogP contribution is -2.43. The van der Waals surface area contributed by atoms with Crippen molar-refractivity contribution in [2.45, 2.75) is 78.2 Å². The van der Waals surface area contributed by atoms with Crippen LogP contribution in [0.2, 0.25) is 10.0 Å². The third-order valence-corrected chi connectivity index (χ3v) is 7.88. The summed E-state index contributed by atoms with van der Waals surface area (Å²) in [5.41, 5.74) is 0.918. The van der Waals surface area contributed by atoms with Crippen LogP contribution >= 0.6 is 34.5 Å². The minimum atomic E-state index is -0.859. The molecule has 0 radical (unpaired) electrons. The standard InChI is InChI=1S/C32H38Cl2N4O6S/c1-31(2,3)43-29(40)38(30(41)44-32(4,5)6)27-35-18-26(45-27)21-7-9-24(10-8-21)36-25-11-13-37(14-12-25)28(39)42-19-20-15-22(33)17-23(34)16-20/h7-10,15-18,25,36H,11-14,19H2,1-6H3. The number of rotatable bonds is 6. The number of nitrogens with one attached hydrogen (secondary N) is 1. The lowest BCUT2D eigenvalue weighted by atomic mass is 10.0. The number of nitrogens with zero attached hydrogens (tertiary/aromatic N) is 3. The number of ether oxygens (including phenoxy) is 3. The van der Waals surface area contributed by atoms with Crippen LogP contribution in [0, 0.1) is 0 Å². The van der Waals surface area contributed by atoms with E-state index in [0.717, 1.165) is 39.4 Å². The first-order chi connectivity index (χ1) is 21.1. The number of anilines is 2. The fourth-order valence-electron chi connectivity index (χ4n) is 4.45. The summed E-state index contributed by atoms with van der Waals surface area (Å²) < 4.78 is 16.4. The van der Waals surface area contributed by atoms with Gasteiger partial charge in [-0.25, -0.2) is 19.4 Å². The van der Waals surface area contributed by atoms with Crippen LogP contribution in [0.5, 0.6) is 0 Å². The second-order valence-electron chi connectivity index (χ2n) is 12.6. The SMILES string of the molecule is CC(C)(C)OC(=O)N(C(=O)OC(C)(C)C)c1ncc(-c2ccc(NC3CCN(C(=O)OCc4cc(Cl)cc(Cl)c4)CC3)cc2)s1. The van der Waals surface area contributed by atoms with Gasteiger partial charge in [-0.1, -0.05) is 46.7 Å². The van der Waals surface area contributed by atoms with E-state index in [2.05, 4.69) is 10.3 Å². The van der Waals surface area contributed by atoms with Gasteiger partial charge in [0.05, 0.1) is 4.88 Å². The molecule has 1 saturated heterocycles. The molecule has 0 atom stereocenters. The highest BCUT2D eigenvalue weighted by atomic mass is 35.5. The van der Waals surface area contributed by atoms with Crippen LogP contribution < -0.4 is 10.2 Å². The smallest absolute Gasteiger partial charge is 0.426 e. The van der Waals surface area contributed by atoms with Crippen LogP contribution in [0.15, 0.2) is 48.7 Å². The van der Waals surface area contributed by atoms with Gasteiger partial charge in [0.1, 0.15) is 17.8 Å².